The Morgan fingerprint density at radius 3 is 1.03 bits per heavy atom. The first-order chi connectivity index (χ1) is 69.1. The summed E-state index contributed by atoms with van der Waals surface area (Å²) in [6.07, 6.45) is -18.6. The molecule has 46 nitrogen and oxygen atoms in total. The van der Waals surface area contributed by atoms with Crippen LogP contribution in [0.4, 0.5) is 0 Å². The Morgan fingerprint density at radius 2 is 0.657 bits per heavy atom. The van der Waals surface area contributed by atoms with Crippen LogP contribution in [0.2, 0.25) is 0 Å². The molecule has 0 aliphatic carbocycles. The molecule has 4 aliphatic heterocycles. The molecule has 4 aliphatic rings. The molecule has 11 aromatic rings. The minimum Gasteiger partial charge on any atom is -0.463 e. The molecule has 0 radical (unpaired) electrons. The van der Waals surface area contributed by atoms with Gasteiger partial charge in [0.25, 0.3) is 0 Å². The largest absolute Gasteiger partial charge is 0.463 e. The van der Waals surface area contributed by atoms with E-state index in [2.05, 4.69) is 51.6 Å². The molecule has 9 heterocycles. The molecule has 143 heavy (non-hydrogen) atoms. The van der Waals surface area contributed by atoms with E-state index in [1.54, 1.807) is 147 Å². The van der Waals surface area contributed by atoms with Gasteiger partial charge in [0.2, 0.25) is 12.1 Å². The summed E-state index contributed by atoms with van der Waals surface area (Å²) < 4.78 is 130. The average Bonchev–Trinajstić information content (AvgIpc) is 1.68. The van der Waals surface area contributed by atoms with E-state index in [-0.39, 0.29) is 129 Å². The maximum atomic E-state index is 14.6. The summed E-state index contributed by atoms with van der Waals surface area (Å²) >= 11 is 13.5. The van der Waals surface area contributed by atoms with E-state index in [9.17, 15) is 52.7 Å². The number of hydrogen-bond acceptors (Lipinski definition) is 41. The Kier molecular flexibility index (Phi) is 35.0. The van der Waals surface area contributed by atoms with Gasteiger partial charge in [-0.05, 0) is 79.7 Å². The van der Waals surface area contributed by atoms with Crippen molar-refractivity contribution in [3.63, 3.8) is 0 Å². The van der Waals surface area contributed by atoms with Gasteiger partial charge in [0, 0.05) is 40.8 Å². The fourth-order valence-electron chi connectivity index (χ4n) is 15.8. The molecule has 0 N–H and O–H groups in total. The van der Waals surface area contributed by atoms with Gasteiger partial charge in [-0.15, -0.1) is 48.7 Å². The first kappa shape index (κ1) is 103. The van der Waals surface area contributed by atoms with Crippen molar-refractivity contribution < 1.29 is 147 Å². The number of ether oxygens (including phenoxy) is 20. The topological polar surface area (TPSA) is 526 Å². The molecule has 48 heteroatoms. The summed E-state index contributed by atoms with van der Waals surface area (Å²) in [7, 11) is 0. The second-order valence-corrected chi connectivity index (χ2v) is 33.7. The minimum atomic E-state index is -2.34. The van der Waals surface area contributed by atoms with Crippen LogP contribution in [0.15, 0.2) is 213 Å². The van der Waals surface area contributed by atoms with Gasteiger partial charge in [-0.3, -0.25) is 24.0 Å². The number of carbonyl (C=O) groups is 11. The van der Waals surface area contributed by atoms with Crippen molar-refractivity contribution in [2.45, 2.75) is 216 Å². The Labute approximate surface area is 823 Å². The van der Waals surface area contributed by atoms with E-state index < -0.39 is 194 Å². The molecule has 0 spiro atoms. The number of esters is 11. The lowest BCUT2D eigenvalue weighted by Crippen LogP contribution is -2.63. The SMILES string of the molecule is CC(=O)OC[C@H]1O[C@H](O[C@]2(CCl)OC(Cn3cc(COCc4cn(C[C@H]5O[C@@H](OCc6cn(CCOCCn7cc(CO[C@@H]8O[C@H](Cn9cc(C)nn9)[C@@H](OC(=O)c9ccccc9)[C@H](OC(=O)c9ccccc9)[C@@H]8OC(=O)c8ccccc8)nn7)nn6)[C@@H](OC(=O)c6ccccc6)[C@@H](OC(=O)c6ccccc6)[C@@H]5OC(=O)c5ccccc5)nn4)nn3)[C@@H](OC(C)=O)[C@@H]2OC(C)=O)[C@@H](OC(C)=O)[C@@H](OC(C)=O)[C@H]1Cl. The van der Waals surface area contributed by atoms with Gasteiger partial charge >= 0.3 is 65.7 Å². The third-order valence-corrected chi connectivity index (χ3v) is 23.1. The highest BCUT2D eigenvalue weighted by Crippen LogP contribution is 2.44. The zero-order valence-electron chi connectivity index (χ0n) is 77.4. The molecule has 5 aromatic heterocycles. The van der Waals surface area contributed by atoms with E-state index in [1.807, 2.05) is 0 Å². The number of alkyl halides is 2. The van der Waals surface area contributed by atoms with Crippen molar-refractivity contribution in [1.29, 1.82) is 0 Å². The monoisotopic (exact) mass is 2010 g/mol. The number of hydrogen-bond donors (Lipinski definition) is 0. The zero-order chi connectivity index (χ0) is 101. The average molecular weight is 2020 g/mol. The fraction of sp³-hybridized carbons (Fsp3) is 0.400. The fourth-order valence-corrected chi connectivity index (χ4v) is 16.4. The molecule has 4 fully saturated rings. The van der Waals surface area contributed by atoms with Crippen LogP contribution in [0.3, 0.4) is 0 Å². The first-order valence-corrected chi connectivity index (χ1v) is 45.8. The quantitative estimate of drug-likeness (QED) is 0.0168. The third kappa shape index (κ3) is 27.4. The predicted molar refractivity (Wildman–Crippen MR) is 481 cm³/mol. The zero-order valence-corrected chi connectivity index (χ0v) is 78.9. The number of aryl methyl sites for hydroxylation is 1. The van der Waals surface area contributed by atoms with E-state index >= 15 is 0 Å². The van der Waals surface area contributed by atoms with Crippen molar-refractivity contribution in [1.82, 2.24) is 75.0 Å². The molecule has 4 saturated heterocycles. The van der Waals surface area contributed by atoms with E-state index in [0.29, 0.717) is 5.69 Å². The highest BCUT2D eigenvalue weighted by molar-refractivity contribution is 6.21. The summed E-state index contributed by atoms with van der Waals surface area (Å²) in [5.41, 5.74) is 2.22. The Bertz CT molecular complexity index is 6160. The number of rotatable bonds is 43. The van der Waals surface area contributed by atoms with E-state index in [0.717, 1.165) is 34.6 Å². The van der Waals surface area contributed by atoms with Gasteiger partial charge in [0.05, 0.1) is 142 Å². The van der Waals surface area contributed by atoms with Gasteiger partial charge in [-0.1, -0.05) is 135 Å². The van der Waals surface area contributed by atoms with Gasteiger partial charge in [0.15, 0.2) is 73.6 Å². The molecule has 15 rings (SSSR count). The summed E-state index contributed by atoms with van der Waals surface area (Å²) in [4.78, 5) is 149. The molecule has 0 amide bonds. The standard InChI is InChI=1S/C95H97Cl2N15O31/c1-55-41-110(103-98-55)46-71-76(136-86(118)61-25-13-7-14-26-61)80(138-88(120)63-29-17-9-18-30-63)83(140-90(122)65-33-21-11-22-34-65)92(133-71)127-51-69-42-108(104-101-69)37-39-124-40-38-109-43-70(102-105-109)52-128-93-84(141-91(123)66-35-23-12-24-36-66)81(139-89(121)64-31-19-10-20-32-64)77(137-87(119)62-27-15-8-16-28-62)72(134-93)47-111-44-67(99-106-111)49-125-50-68-45-112(107-100-68)48-73-78(129-57(3)114)85(132-60(6)117)95(54-96,142-73)143-94-82(131-59(5)116)79(130-58(4)115)75(97)74(135-94)53-126-56(2)113/h7-36,41-45,71-85,92-94H,37-40,46-54H2,1-6H3/t71-,72-,73?,74-,75+,76-,77-,78-,79+,80+,81+,82+,83+,84+,85+,92-,93-,94-,95+/m1/s1. The second-order valence-electron chi connectivity index (χ2n) is 32.9. The lowest BCUT2D eigenvalue weighted by molar-refractivity contribution is -0.359. The lowest BCUT2D eigenvalue weighted by Gasteiger charge is -2.45. The summed E-state index contributed by atoms with van der Waals surface area (Å²) in [6.45, 7) is 5.25. The maximum Gasteiger partial charge on any atom is 0.338 e. The number of benzene rings is 6. The van der Waals surface area contributed by atoms with Crippen molar-refractivity contribution in [2.24, 2.45) is 0 Å². The van der Waals surface area contributed by atoms with E-state index in [4.69, 9.17) is 118 Å². The van der Waals surface area contributed by atoms with Crippen LogP contribution in [0.25, 0.3) is 0 Å². The molecule has 0 saturated carbocycles. The normalized spacial score (nSPS) is 24.0. The predicted octanol–water partition coefficient (Wildman–Crippen LogP) is 6.60. The van der Waals surface area contributed by atoms with Gasteiger partial charge in [0.1, 0.15) is 59.2 Å². The molecular formula is C95H97Cl2N15O31. The minimum absolute atomic E-state index is 0.0701. The van der Waals surface area contributed by atoms with Crippen LogP contribution < -0.4 is 0 Å². The van der Waals surface area contributed by atoms with Gasteiger partial charge in [-0.2, -0.15) is 0 Å². The van der Waals surface area contributed by atoms with E-state index in [1.165, 1.54) is 96.5 Å². The summed E-state index contributed by atoms with van der Waals surface area (Å²) in [5.74, 6) is -12.5. The Morgan fingerprint density at radius 1 is 0.336 bits per heavy atom. The smallest absolute Gasteiger partial charge is 0.338 e. The van der Waals surface area contributed by atoms with Crippen molar-refractivity contribution in [3.05, 3.63) is 275 Å². The van der Waals surface area contributed by atoms with Crippen LogP contribution in [0, 0.1) is 6.92 Å². The third-order valence-electron chi connectivity index (χ3n) is 22.2. The number of halogens is 2. The maximum absolute atomic E-state index is 14.6. The second kappa shape index (κ2) is 48.7. The molecular weight excluding hydrogens is 1920 g/mol. The number of aromatic nitrogens is 15. The molecule has 6 aromatic carbocycles. The van der Waals surface area contributed by atoms with Crippen molar-refractivity contribution in [2.75, 3.05) is 25.7 Å². The summed E-state index contributed by atoms with van der Waals surface area (Å²) in [5, 5.41) is 41.5. The van der Waals surface area contributed by atoms with Gasteiger partial charge < -0.3 is 94.7 Å². The van der Waals surface area contributed by atoms with Crippen LogP contribution in [-0.4, -0.2) is 282 Å². The summed E-state index contributed by atoms with van der Waals surface area (Å²) in [6, 6.07) is 48.0. The van der Waals surface area contributed by atoms with Crippen LogP contribution in [-0.2, 0) is 178 Å². The van der Waals surface area contributed by atoms with Gasteiger partial charge in [-0.25, -0.2) is 52.2 Å². The number of carbonyl (C=O) groups excluding carboxylic acids is 11. The van der Waals surface area contributed by atoms with Crippen molar-refractivity contribution in [3.8, 4) is 0 Å². The Balaban J connectivity index is 0.617. The number of nitrogens with zero attached hydrogens (tertiary/aromatic N) is 15. The van der Waals surface area contributed by atoms with Crippen LogP contribution in [0.1, 0.15) is 125 Å². The molecule has 1 unspecified atom stereocenters. The van der Waals surface area contributed by atoms with Crippen molar-refractivity contribution >= 4 is 88.9 Å². The van der Waals surface area contributed by atoms with Crippen LogP contribution >= 0.6 is 23.2 Å². The molecule has 19 atom stereocenters. The lowest BCUT2D eigenvalue weighted by atomic mass is 9.97. The Hall–Kier alpha value is -14.6. The molecule has 0 bridgehead atoms. The highest BCUT2D eigenvalue weighted by atomic mass is 35.5. The molecule has 752 valence electrons. The highest BCUT2D eigenvalue weighted by Gasteiger charge is 2.64. The van der Waals surface area contributed by atoms with Crippen LogP contribution in [0.5, 0.6) is 0 Å². The first-order valence-electron chi connectivity index (χ1n) is 44.9.